The van der Waals surface area contributed by atoms with Gasteiger partial charge in [-0.1, -0.05) is 68.8 Å². The maximum atomic E-state index is 12.6. The lowest BCUT2D eigenvalue weighted by Gasteiger charge is -2.19. The second-order valence-corrected chi connectivity index (χ2v) is 7.49. The molecule has 0 aliphatic heterocycles. The Balaban J connectivity index is 1.91. The highest BCUT2D eigenvalue weighted by molar-refractivity contribution is 6.36. The van der Waals surface area contributed by atoms with Gasteiger partial charge in [0.15, 0.2) is 0 Å². The first-order valence-electron chi connectivity index (χ1n) is 8.09. The van der Waals surface area contributed by atoms with Crippen LogP contribution < -0.4 is 5.32 Å². The van der Waals surface area contributed by atoms with Crippen LogP contribution in [0.5, 0.6) is 5.75 Å². The van der Waals surface area contributed by atoms with Crippen LogP contribution in [-0.2, 0) is 5.41 Å². The second kappa shape index (κ2) is 6.41. The number of aromatic hydroxyl groups is 1. The van der Waals surface area contributed by atoms with Gasteiger partial charge in [-0.25, -0.2) is 0 Å². The summed E-state index contributed by atoms with van der Waals surface area (Å²) in [6, 6.07) is 16.4. The van der Waals surface area contributed by atoms with Crippen LogP contribution in [0.3, 0.4) is 0 Å². The van der Waals surface area contributed by atoms with Crippen molar-refractivity contribution in [2.75, 3.05) is 5.32 Å². The lowest BCUT2D eigenvalue weighted by molar-refractivity contribution is 0.102. The number of fused-ring (bicyclic) bond motifs is 1. The summed E-state index contributed by atoms with van der Waals surface area (Å²) in [4.78, 5) is 12.6. The molecule has 1 amide bonds. The number of carbonyl (C=O) groups excluding carboxylic acids is 1. The summed E-state index contributed by atoms with van der Waals surface area (Å²) >= 11 is 6.26. The van der Waals surface area contributed by atoms with Crippen LogP contribution in [-0.4, -0.2) is 11.0 Å². The Bertz CT molecular complexity index is 941. The highest BCUT2D eigenvalue weighted by Crippen LogP contribution is 2.34. The van der Waals surface area contributed by atoms with Gasteiger partial charge in [0, 0.05) is 21.5 Å². The van der Waals surface area contributed by atoms with Gasteiger partial charge in [-0.2, -0.15) is 0 Å². The number of benzene rings is 3. The Morgan fingerprint density at radius 2 is 1.60 bits per heavy atom. The summed E-state index contributed by atoms with van der Waals surface area (Å²) in [5, 5.41) is 15.0. The van der Waals surface area contributed by atoms with Crippen LogP contribution in [0.15, 0.2) is 54.6 Å². The molecule has 0 aliphatic carbocycles. The third-order valence-corrected chi connectivity index (χ3v) is 4.53. The number of amides is 1. The molecule has 0 heterocycles. The molecule has 0 fully saturated rings. The summed E-state index contributed by atoms with van der Waals surface area (Å²) in [5.74, 6) is -0.461. The van der Waals surface area contributed by atoms with E-state index in [1.807, 2.05) is 36.4 Å². The highest BCUT2D eigenvalue weighted by Gasteiger charge is 2.17. The molecule has 2 N–H and O–H groups in total. The van der Waals surface area contributed by atoms with Crippen LogP contribution in [0.25, 0.3) is 10.8 Å². The number of carbonyl (C=O) groups is 1. The molecular formula is C21H20ClNO2. The molecular weight excluding hydrogens is 334 g/mol. The minimum absolute atomic E-state index is 0.0483. The molecule has 0 radical (unpaired) electrons. The number of hydrogen-bond donors (Lipinski definition) is 2. The first kappa shape index (κ1) is 17.3. The van der Waals surface area contributed by atoms with Crippen molar-refractivity contribution in [3.63, 3.8) is 0 Å². The van der Waals surface area contributed by atoms with Crippen molar-refractivity contribution in [3.05, 3.63) is 70.7 Å². The Kier molecular flexibility index (Phi) is 4.44. The molecule has 0 spiro atoms. The fourth-order valence-corrected chi connectivity index (χ4v) is 3.01. The molecule has 3 aromatic carbocycles. The lowest BCUT2D eigenvalue weighted by Crippen LogP contribution is -2.14. The number of halogens is 1. The molecule has 0 bridgehead atoms. The van der Waals surface area contributed by atoms with Crippen LogP contribution in [0.4, 0.5) is 5.69 Å². The Morgan fingerprint density at radius 1 is 1.00 bits per heavy atom. The van der Waals surface area contributed by atoms with Crippen LogP contribution in [0.2, 0.25) is 5.02 Å². The third kappa shape index (κ3) is 3.47. The molecule has 0 aromatic heterocycles. The van der Waals surface area contributed by atoms with E-state index in [2.05, 4.69) is 26.1 Å². The van der Waals surface area contributed by atoms with E-state index >= 15 is 0 Å². The van der Waals surface area contributed by atoms with E-state index in [1.54, 1.807) is 12.1 Å². The van der Waals surface area contributed by atoms with E-state index in [9.17, 15) is 9.90 Å². The van der Waals surface area contributed by atoms with Crippen molar-refractivity contribution in [3.8, 4) is 5.75 Å². The molecule has 4 heteroatoms. The van der Waals surface area contributed by atoms with Crippen LogP contribution in [0, 0.1) is 0 Å². The van der Waals surface area contributed by atoms with E-state index in [0.29, 0.717) is 21.5 Å². The molecule has 0 saturated heterocycles. The Labute approximate surface area is 152 Å². The monoisotopic (exact) mass is 353 g/mol. The average Bonchev–Trinajstić information content (AvgIpc) is 2.58. The summed E-state index contributed by atoms with van der Waals surface area (Å²) in [5.41, 5.74) is 2.06. The van der Waals surface area contributed by atoms with Gasteiger partial charge in [0.25, 0.3) is 5.91 Å². The molecule has 0 aliphatic rings. The van der Waals surface area contributed by atoms with Gasteiger partial charge in [0.1, 0.15) is 5.75 Å². The topological polar surface area (TPSA) is 49.3 Å². The van der Waals surface area contributed by atoms with Gasteiger partial charge in [0.2, 0.25) is 0 Å². The molecule has 3 rings (SSSR count). The molecule has 0 unspecified atom stereocenters. The smallest absolute Gasteiger partial charge is 0.259 e. The first-order valence-corrected chi connectivity index (χ1v) is 8.47. The van der Waals surface area contributed by atoms with Crippen molar-refractivity contribution in [1.82, 2.24) is 0 Å². The SMILES string of the molecule is CC(C)(C)c1ccc(NC(=O)c2cc(Cl)c3ccccc3c2O)cc1. The van der Waals surface area contributed by atoms with Crippen LogP contribution >= 0.6 is 11.6 Å². The highest BCUT2D eigenvalue weighted by atomic mass is 35.5. The fraction of sp³-hybridized carbons (Fsp3) is 0.190. The Morgan fingerprint density at radius 3 is 2.20 bits per heavy atom. The normalized spacial score (nSPS) is 11.5. The molecule has 25 heavy (non-hydrogen) atoms. The van der Waals surface area contributed by atoms with Gasteiger partial charge in [0.05, 0.1) is 5.56 Å². The van der Waals surface area contributed by atoms with Crippen molar-refractivity contribution in [2.45, 2.75) is 26.2 Å². The van der Waals surface area contributed by atoms with Crippen molar-refractivity contribution in [2.24, 2.45) is 0 Å². The van der Waals surface area contributed by atoms with Gasteiger partial charge >= 0.3 is 0 Å². The summed E-state index contributed by atoms with van der Waals surface area (Å²) in [7, 11) is 0. The molecule has 128 valence electrons. The molecule has 3 nitrogen and oxygen atoms in total. The summed E-state index contributed by atoms with van der Waals surface area (Å²) in [6.45, 7) is 6.40. The van der Waals surface area contributed by atoms with Crippen LogP contribution in [0.1, 0.15) is 36.7 Å². The van der Waals surface area contributed by atoms with Gasteiger partial charge in [-0.3, -0.25) is 4.79 Å². The van der Waals surface area contributed by atoms with E-state index in [1.165, 1.54) is 11.6 Å². The number of hydrogen-bond acceptors (Lipinski definition) is 2. The van der Waals surface area contributed by atoms with E-state index in [0.717, 1.165) is 0 Å². The number of rotatable bonds is 2. The minimum atomic E-state index is -0.395. The maximum absolute atomic E-state index is 12.6. The largest absolute Gasteiger partial charge is 0.506 e. The summed E-state index contributed by atoms with van der Waals surface area (Å²) < 4.78 is 0. The van der Waals surface area contributed by atoms with Crippen molar-refractivity contribution < 1.29 is 9.90 Å². The predicted molar refractivity (Wildman–Crippen MR) is 104 cm³/mol. The van der Waals surface area contributed by atoms with Crippen molar-refractivity contribution >= 4 is 34.0 Å². The number of nitrogens with one attached hydrogen (secondary N) is 1. The van der Waals surface area contributed by atoms with Gasteiger partial charge in [-0.05, 0) is 29.2 Å². The Hall–Kier alpha value is -2.52. The van der Waals surface area contributed by atoms with Gasteiger partial charge < -0.3 is 10.4 Å². The number of anilines is 1. The van der Waals surface area contributed by atoms with Crippen molar-refractivity contribution in [1.29, 1.82) is 0 Å². The fourth-order valence-electron chi connectivity index (χ4n) is 2.74. The first-order chi connectivity index (χ1) is 11.8. The van der Waals surface area contributed by atoms with Gasteiger partial charge in [-0.15, -0.1) is 0 Å². The average molecular weight is 354 g/mol. The zero-order chi connectivity index (χ0) is 18.2. The molecule has 0 saturated carbocycles. The van der Waals surface area contributed by atoms with E-state index < -0.39 is 5.91 Å². The summed E-state index contributed by atoms with van der Waals surface area (Å²) in [6.07, 6.45) is 0. The quantitative estimate of drug-likeness (QED) is 0.616. The number of phenols is 1. The lowest BCUT2D eigenvalue weighted by atomic mass is 9.87. The van der Waals surface area contributed by atoms with E-state index in [-0.39, 0.29) is 16.7 Å². The number of phenolic OH excluding ortho intramolecular Hbond substituents is 1. The molecule has 0 atom stereocenters. The standard InChI is InChI=1S/C21H20ClNO2/c1-21(2,3)13-8-10-14(11-9-13)23-20(25)17-12-18(22)15-6-4-5-7-16(15)19(17)24/h4-12,24H,1-3H3,(H,23,25). The third-order valence-electron chi connectivity index (χ3n) is 4.22. The zero-order valence-corrected chi connectivity index (χ0v) is 15.2. The van der Waals surface area contributed by atoms with E-state index in [4.69, 9.17) is 11.6 Å². The molecule has 3 aromatic rings. The predicted octanol–water partition coefficient (Wildman–Crippen LogP) is 5.75. The maximum Gasteiger partial charge on any atom is 0.259 e. The zero-order valence-electron chi connectivity index (χ0n) is 14.4. The second-order valence-electron chi connectivity index (χ2n) is 7.08. The minimum Gasteiger partial charge on any atom is -0.506 e.